The van der Waals surface area contributed by atoms with Crippen LogP contribution < -0.4 is 10.1 Å². The Morgan fingerprint density at radius 1 is 1.23 bits per heavy atom. The summed E-state index contributed by atoms with van der Waals surface area (Å²) in [5, 5.41) is 3.11. The van der Waals surface area contributed by atoms with E-state index in [0.717, 1.165) is 35.4 Å². The van der Waals surface area contributed by atoms with Crippen LogP contribution in [0.25, 0.3) is 0 Å². The zero-order valence-electron chi connectivity index (χ0n) is 13.1. The molecule has 22 heavy (non-hydrogen) atoms. The SMILES string of the molecule is CCc1cccc(C)c1NC(=O)C1COc2ccccc2C1. The summed E-state index contributed by atoms with van der Waals surface area (Å²) in [4.78, 5) is 12.6. The van der Waals surface area contributed by atoms with Crippen molar-refractivity contribution in [1.82, 2.24) is 0 Å². The summed E-state index contributed by atoms with van der Waals surface area (Å²) in [6.45, 7) is 4.57. The molecule has 0 bridgehead atoms. The van der Waals surface area contributed by atoms with Crippen molar-refractivity contribution in [3.05, 3.63) is 59.2 Å². The van der Waals surface area contributed by atoms with Crippen LogP contribution >= 0.6 is 0 Å². The van der Waals surface area contributed by atoms with Crippen molar-refractivity contribution in [1.29, 1.82) is 0 Å². The summed E-state index contributed by atoms with van der Waals surface area (Å²) in [5.74, 6) is 0.800. The van der Waals surface area contributed by atoms with Gasteiger partial charge in [0.2, 0.25) is 5.91 Å². The Balaban J connectivity index is 1.77. The average Bonchev–Trinajstić information content (AvgIpc) is 2.56. The van der Waals surface area contributed by atoms with E-state index in [9.17, 15) is 4.79 Å². The first-order valence-corrected chi connectivity index (χ1v) is 7.79. The average molecular weight is 295 g/mol. The lowest BCUT2D eigenvalue weighted by Crippen LogP contribution is -2.33. The molecule has 0 fully saturated rings. The molecule has 0 saturated heterocycles. The van der Waals surface area contributed by atoms with Crippen LogP contribution in [0.5, 0.6) is 5.75 Å². The number of hydrogen-bond acceptors (Lipinski definition) is 2. The first kappa shape index (κ1) is 14.6. The summed E-state index contributed by atoms with van der Waals surface area (Å²) in [5.41, 5.74) is 4.33. The first-order valence-electron chi connectivity index (χ1n) is 7.79. The monoisotopic (exact) mass is 295 g/mol. The number of rotatable bonds is 3. The second-order valence-corrected chi connectivity index (χ2v) is 5.77. The fraction of sp³-hybridized carbons (Fsp3) is 0.316. The third-order valence-corrected chi connectivity index (χ3v) is 4.24. The molecule has 1 unspecified atom stereocenters. The molecule has 114 valence electrons. The quantitative estimate of drug-likeness (QED) is 0.936. The first-order chi connectivity index (χ1) is 10.7. The van der Waals surface area contributed by atoms with E-state index in [1.54, 1.807) is 0 Å². The largest absolute Gasteiger partial charge is 0.492 e. The number of fused-ring (bicyclic) bond motifs is 1. The molecule has 1 aliphatic rings. The van der Waals surface area contributed by atoms with Gasteiger partial charge in [-0.1, -0.05) is 43.3 Å². The molecule has 3 rings (SSSR count). The van der Waals surface area contributed by atoms with Gasteiger partial charge in [-0.25, -0.2) is 0 Å². The number of para-hydroxylation sites is 2. The van der Waals surface area contributed by atoms with Crippen LogP contribution in [0, 0.1) is 12.8 Å². The molecule has 1 aliphatic heterocycles. The standard InChI is InChI=1S/C19H21NO2/c1-3-14-9-6-7-13(2)18(14)20-19(21)16-11-15-8-4-5-10-17(15)22-12-16/h4-10,16H,3,11-12H2,1-2H3,(H,20,21). The molecule has 1 N–H and O–H groups in total. The Morgan fingerprint density at radius 3 is 2.86 bits per heavy atom. The maximum Gasteiger partial charge on any atom is 0.231 e. The maximum atomic E-state index is 12.6. The van der Waals surface area contributed by atoms with Crippen molar-refractivity contribution in [3.8, 4) is 5.75 Å². The molecule has 0 saturated carbocycles. The van der Waals surface area contributed by atoms with E-state index in [0.29, 0.717) is 6.61 Å². The smallest absolute Gasteiger partial charge is 0.231 e. The minimum atomic E-state index is -0.140. The third-order valence-electron chi connectivity index (χ3n) is 4.24. The van der Waals surface area contributed by atoms with Crippen molar-refractivity contribution in [2.45, 2.75) is 26.7 Å². The Morgan fingerprint density at radius 2 is 2.05 bits per heavy atom. The van der Waals surface area contributed by atoms with Crippen LogP contribution in [-0.2, 0) is 17.6 Å². The number of benzene rings is 2. The molecule has 1 amide bonds. The van der Waals surface area contributed by atoms with Gasteiger partial charge in [-0.15, -0.1) is 0 Å². The van der Waals surface area contributed by atoms with Crippen molar-refractivity contribution in [2.24, 2.45) is 5.92 Å². The maximum absolute atomic E-state index is 12.6. The minimum absolute atomic E-state index is 0.0403. The van der Waals surface area contributed by atoms with Gasteiger partial charge in [0.15, 0.2) is 0 Å². The predicted octanol–water partition coefficient (Wildman–Crippen LogP) is 3.75. The van der Waals surface area contributed by atoms with E-state index >= 15 is 0 Å². The Hall–Kier alpha value is -2.29. The van der Waals surface area contributed by atoms with Crippen molar-refractivity contribution in [3.63, 3.8) is 0 Å². The number of carbonyl (C=O) groups is 1. The highest BCUT2D eigenvalue weighted by atomic mass is 16.5. The fourth-order valence-corrected chi connectivity index (χ4v) is 2.92. The van der Waals surface area contributed by atoms with E-state index in [1.807, 2.05) is 43.3 Å². The molecule has 3 nitrogen and oxygen atoms in total. The lowest BCUT2D eigenvalue weighted by atomic mass is 9.95. The Kier molecular flexibility index (Phi) is 4.14. The second kappa shape index (κ2) is 6.22. The summed E-state index contributed by atoms with van der Waals surface area (Å²) in [6, 6.07) is 14.1. The van der Waals surface area contributed by atoms with Gasteiger partial charge in [0.1, 0.15) is 12.4 Å². The van der Waals surface area contributed by atoms with E-state index in [2.05, 4.69) is 18.3 Å². The zero-order valence-corrected chi connectivity index (χ0v) is 13.1. The van der Waals surface area contributed by atoms with Gasteiger partial charge in [-0.05, 0) is 42.5 Å². The van der Waals surface area contributed by atoms with Gasteiger partial charge in [-0.3, -0.25) is 4.79 Å². The van der Waals surface area contributed by atoms with E-state index < -0.39 is 0 Å². The van der Waals surface area contributed by atoms with Crippen LogP contribution in [0.4, 0.5) is 5.69 Å². The summed E-state index contributed by atoms with van der Waals surface area (Å²) < 4.78 is 5.72. The van der Waals surface area contributed by atoms with Gasteiger partial charge in [-0.2, -0.15) is 0 Å². The van der Waals surface area contributed by atoms with Crippen LogP contribution in [0.3, 0.4) is 0 Å². The second-order valence-electron chi connectivity index (χ2n) is 5.77. The molecule has 1 heterocycles. The summed E-state index contributed by atoms with van der Waals surface area (Å²) in [6.07, 6.45) is 1.64. The number of hydrogen-bond donors (Lipinski definition) is 1. The molecule has 0 aromatic heterocycles. The number of carbonyl (C=O) groups excluding carboxylic acids is 1. The van der Waals surface area contributed by atoms with E-state index in [-0.39, 0.29) is 11.8 Å². The molecule has 2 aromatic rings. The van der Waals surface area contributed by atoms with Crippen LogP contribution in [-0.4, -0.2) is 12.5 Å². The molecular formula is C19H21NO2. The van der Waals surface area contributed by atoms with E-state index in [4.69, 9.17) is 4.74 Å². The molecule has 0 aliphatic carbocycles. The highest BCUT2D eigenvalue weighted by molar-refractivity contribution is 5.94. The van der Waals surface area contributed by atoms with Crippen LogP contribution in [0.2, 0.25) is 0 Å². The summed E-state index contributed by atoms with van der Waals surface area (Å²) >= 11 is 0. The fourth-order valence-electron chi connectivity index (χ4n) is 2.92. The zero-order chi connectivity index (χ0) is 15.5. The van der Waals surface area contributed by atoms with Gasteiger partial charge in [0.05, 0.1) is 5.92 Å². The lowest BCUT2D eigenvalue weighted by molar-refractivity contribution is -0.121. The highest BCUT2D eigenvalue weighted by Crippen LogP contribution is 2.28. The summed E-state index contributed by atoms with van der Waals surface area (Å²) in [7, 11) is 0. The lowest BCUT2D eigenvalue weighted by Gasteiger charge is -2.25. The van der Waals surface area contributed by atoms with Crippen molar-refractivity contribution in [2.75, 3.05) is 11.9 Å². The van der Waals surface area contributed by atoms with Gasteiger partial charge < -0.3 is 10.1 Å². The number of anilines is 1. The van der Waals surface area contributed by atoms with E-state index in [1.165, 1.54) is 5.56 Å². The van der Waals surface area contributed by atoms with Crippen LogP contribution in [0.1, 0.15) is 23.6 Å². The highest BCUT2D eigenvalue weighted by Gasteiger charge is 2.26. The van der Waals surface area contributed by atoms with Crippen LogP contribution in [0.15, 0.2) is 42.5 Å². The Bertz CT molecular complexity index is 694. The molecule has 1 atom stereocenters. The molecule has 0 spiro atoms. The molecule has 2 aromatic carbocycles. The normalized spacial score (nSPS) is 16.5. The number of aryl methyl sites for hydroxylation is 2. The predicted molar refractivity (Wildman–Crippen MR) is 88.3 cm³/mol. The number of ether oxygens (including phenoxy) is 1. The number of nitrogens with one attached hydrogen (secondary N) is 1. The Labute approximate surface area is 131 Å². The third kappa shape index (κ3) is 2.84. The topological polar surface area (TPSA) is 38.3 Å². The van der Waals surface area contributed by atoms with Crippen molar-refractivity contribution < 1.29 is 9.53 Å². The number of amides is 1. The van der Waals surface area contributed by atoms with Gasteiger partial charge >= 0.3 is 0 Å². The minimum Gasteiger partial charge on any atom is -0.492 e. The van der Waals surface area contributed by atoms with Gasteiger partial charge in [0, 0.05) is 5.69 Å². The van der Waals surface area contributed by atoms with Crippen molar-refractivity contribution >= 4 is 11.6 Å². The van der Waals surface area contributed by atoms with Gasteiger partial charge in [0.25, 0.3) is 0 Å². The molecular weight excluding hydrogens is 274 g/mol. The molecule has 3 heteroatoms. The molecule has 0 radical (unpaired) electrons.